The molecule has 0 spiro atoms. The fraction of sp³-hybridized carbons (Fsp3) is 0.300. The Kier molecular flexibility index (Phi) is 8.16. The van der Waals surface area contributed by atoms with Gasteiger partial charge in [0.15, 0.2) is 0 Å². The lowest BCUT2D eigenvalue weighted by atomic mass is 10.1. The molecule has 2 aromatic rings. The molecule has 2 aromatic carbocycles. The zero-order valence-corrected chi connectivity index (χ0v) is 16.6. The molecule has 28 heavy (non-hydrogen) atoms. The highest BCUT2D eigenvalue weighted by Crippen LogP contribution is 2.15. The minimum atomic E-state index is -3.62. The Morgan fingerprint density at radius 2 is 1.71 bits per heavy atom. The maximum atomic E-state index is 12.3. The zero-order chi connectivity index (χ0) is 20.4. The third-order valence-electron chi connectivity index (χ3n) is 3.90. The van der Waals surface area contributed by atoms with Crippen molar-refractivity contribution in [2.45, 2.75) is 31.1 Å². The fourth-order valence-electron chi connectivity index (χ4n) is 2.44. The van der Waals surface area contributed by atoms with Gasteiger partial charge in [-0.25, -0.2) is 13.1 Å². The molecule has 3 N–H and O–H groups in total. The molecule has 0 atom stereocenters. The Morgan fingerprint density at radius 1 is 0.964 bits per heavy atom. The van der Waals surface area contributed by atoms with E-state index in [1.165, 1.54) is 12.1 Å². The van der Waals surface area contributed by atoms with Crippen LogP contribution in [0.1, 0.15) is 25.3 Å². The Hall–Kier alpha value is -2.71. The molecule has 0 aliphatic rings. The summed E-state index contributed by atoms with van der Waals surface area (Å²) in [5.74, 6) is -0.701. The van der Waals surface area contributed by atoms with Gasteiger partial charge in [-0.1, -0.05) is 49.7 Å². The number of rotatable bonds is 10. The first kappa shape index (κ1) is 21.6. The van der Waals surface area contributed by atoms with Gasteiger partial charge >= 0.3 is 0 Å². The van der Waals surface area contributed by atoms with E-state index in [9.17, 15) is 18.0 Å². The van der Waals surface area contributed by atoms with E-state index in [0.717, 1.165) is 18.4 Å². The van der Waals surface area contributed by atoms with Gasteiger partial charge in [0.05, 0.1) is 17.9 Å². The summed E-state index contributed by atoms with van der Waals surface area (Å²) in [7, 11) is -3.62. The van der Waals surface area contributed by atoms with Crippen molar-refractivity contribution in [1.82, 2.24) is 10.0 Å². The van der Waals surface area contributed by atoms with Gasteiger partial charge in [-0.05, 0) is 30.2 Å². The predicted molar refractivity (Wildman–Crippen MR) is 108 cm³/mol. The molecule has 0 saturated heterocycles. The molecule has 0 aliphatic heterocycles. The third kappa shape index (κ3) is 7.13. The number of amides is 2. The summed E-state index contributed by atoms with van der Waals surface area (Å²) in [6, 6.07) is 15.2. The second-order valence-corrected chi connectivity index (χ2v) is 8.03. The van der Waals surface area contributed by atoms with Crippen LogP contribution in [-0.2, 0) is 26.0 Å². The normalized spacial score (nSPS) is 11.0. The van der Waals surface area contributed by atoms with E-state index in [-0.39, 0.29) is 23.8 Å². The van der Waals surface area contributed by atoms with Gasteiger partial charge in [-0.2, -0.15) is 0 Å². The molecule has 2 amide bonds. The summed E-state index contributed by atoms with van der Waals surface area (Å²) in [6.07, 6.45) is 1.82. The van der Waals surface area contributed by atoms with Crippen molar-refractivity contribution >= 4 is 27.5 Å². The SMILES string of the molecule is CCCCNS(=O)(=O)c1cccc(NC(=O)CNC(=O)Cc2ccccc2)c1. The number of anilines is 1. The van der Waals surface area contributed by atoms with Gasteiger partial charge in [0.1, 0.15) is 0 Å². The molecule has 150 valence electrons. The van der Waals surface area contributed by atoms with Crippen LogP contribution in [0, 0.1) is 0 Å². The minimum absolute atomic E-state index is 0.0783. The highest BCUT2D eigenvalue weighted by Gasteiger charge is 2.14. The summed E-state index contributed by atoms with van der Waals surface area (Å²) < 4.78 is 27.0. The molecule has 0 radical (unpaired) electrons. The lowest BCUT2D eigenvalue weighted by Gasteiger charge is -2.10. The summed E-state index contributed by atoms with van der Waals surface area (Å²) in [5.41, 5.74) is 1.20. The van der Waals surface area contributed by atoms with Crippen molar-refractivity contribution in [3.63, 3.8) is 0 Å². The number of benzene rings is 2. The summed E-state index contributed by atoms with van der Waals surface area (Å²) in [6.45, 7) is 2.14. The molecule has 7 nitrogen and oxygen atoms in total. The van der Waals surface area contributed by atoms with Crippen LogP contribution >= 0.6 is 0 Å². The lowest BCUT2D eigenvalue weighted by molar-refractivity contribution is -0.123. The predicted octanol–water partition coefficient (Wildman–Crippen LogP) is 2.06. The van der Waals surface area contributed by atoms with Gasteiger partial charge in [-0.3, -0.25) is 9.59 Å². The van der Waals surface area contributed by atoms with E-state index in [2.05, 4.69) is 15.4 Å². The van der Waals surface area contributed by atoms with E-state index in [1.807, 2.05) is 37.3 Å². The molecule has 8 heteroatoms. The van der Waals surface area contributed by atoms with Crippen molar-refractivity contribution in [2.75, 3.05) is 18.4 Å². The number of sulfonamides is 1. The van der Waals surface area contributed by atoms with Crippen LogP contribution in [0.5, 0.6) is 0 Å². The van der Waals surface area contributed by atoms with Gasteiger partial charge < -0.3 is 10.6 Å². The molecular weight excluding hydrogens is 378 g/mol. The third-order valence-corrected chi connectivity index (χ3v) is 5.36. The average molecular weight is 404 g/mol. The number of unbranched alkanes of at least 4 members (excludes halogenated alkanes) is 1. The molecule has 0 unspecified atom stereocenters. The number of hydrogen-bond acceptors (Lipinski definition) is 4. The number of nitrogens with one attached hydrogen (secondary N) is 3. The smallest absolute Gasteiger partial charge is 0.243 e. The zero-order valence-electron chi connectivity index (χ0n) is 15.8. The Bertz CT molecular complexity index is 899. The van der Waals surface area contributed by atoms with Crippen LogP contribution in [0.3, 0.4) is 0 Å². The largest absolute Gasteiger partial charge is 0.347 e. The van der Waals surface area contributed by atoms with Crippen molar-refractivity contribution < 1.29 is 18.0 Å². The molecule has 0 aliphatic carbocycles. The second-order valence-electron chi connectivity index (χ2n) is 6.27. The van der Waals surface area contributed by atoms with Crippen LogP contribution in [-0.4, -0.2) is 33.3 Å². The fourth-order valence-corrected chi connectivity index (χ4v) is 3.56. The topological polar surface area (TPSA) is 104 Å². The maximum Gasteiger partial charge on any atom is 0.243 e. The molecule has 0 heterocycles. The van der Waals surface area contributed by atoms with Gasteiger partial charge in [0.25, 0.3) is 0 Å². The molecule has 0 fully saturated rings. The van der Waals surface area contributed by atoms with Crippen LogP contribution < -0.4 is 15.4 Å². The standard InChI is InChI=1S/C20H25N3O4S/c1-2-3-12-22-28(26,27)18-11-7-10-17(14-18)23-20(25)15-21-19(24)13-16-8-5-4-6-9-16/h4-11,14,22H,2-3,12-13,15H2,1H3,(H,21,24)(H,23,25). The van der Waals surface area contributed by atoms with Crippen molar-refractivity contribution in [1.29, 1.82) is 0 Å². The van der Waals surface area contributed by atoms with E-state index in [1.54, 1.807) is 12.1 Å². The highest BCUT2D eigenvalue weighted by atomic mass is 32.2. The first-order valence-corrected chi connectivity index (χ1v) is 10.6. The summed E-state index contributed by atoms with van der Waals surface area (Å²) in [5, 5.41) is 5.14. The van der Waals surface area contributed by atoms with Crippen molar-refractivity contribution in [3.05, 3.63) is 60.2 Å². The number of carbonyl (C=O) groups excluding carboxylic acids is 2. The minimum Gasteiger partial charge on any atom is -0.347 e. The van der Waals surface area contributed by atoms with Crippen LogP contribution in [0.2, 0.25) is 0 Å². The molecule has 2 rings (SSSR count). The Balaban J connectivity index is 1.87. The van der Waals surface area contributed by atoms with Gasteiger partial charge in [0, 0.05) is 12.2 Å². The van der Waals surface area contributed by atoms with E-state index in [0.29, 0.717) is 12.2 Å². The van der Waals surface area contributed by atoms with Crippen molar-refractivity contribution in [2.24, 2.45) is 0 Å². The molecule has 0 bridgehead atoms. The Labute approximate surface area is 165 Å². The maximum absolute atomic E-state index is 12.3. The highest BCUT2D eigenvalue weighted by molar-refractivity contribution is 7.89. The van der Waals surface area contributed by atoms with Crippen molar-refractivity contribution in [3.8, 4) is 0 Å². The second kappa shape index (κ2) is 10.6. The first-order chi connectivity index (χ1) is 13.4. The quantitative estimate of drug-likeness (QED) is 0.528. The monoisotopic (exact) mass is 403 g/mol. The first-order valence-electron chi connectivity index (χ1n) is 9.11. The van der Waals surface area contributed by atoms with Crippen LogP contribution in [0.25, 0.3) is 0 Å². The lowest BCUT2D eigenvalue weighted by Crippen LogP contribution is -2.33. The molecule has 0 saturated carbocycles. The van der Waals surface area contributed by atoms with E-state index >= 15 is 0 Å². The van der Waals surface area contributed by atoms with E-state index in [4.69, 9.17) is 0 Å². The van der Waals surface area contributed by atoms with Crippen LogP contribution in [0.15, 0.2) is 59.5 Å². The van der Waals surface area contributed by atoms with Gasteiger partial charge in [-0.15, -0.1) is 0 Å². The van der Waals surface area contributed by atoms with Gasteiger partial charge in [0.2, 0.25) is 21.8 Å². The summed E-state index contributed by atoms with van der Waals surface area (Å²) >= 11 is 0. The summed E-state index contributed by atoms with van der Waals surface area (Å²) in [4.78, 5) is 24.0. The Morgan fingerprint density at radius 3 is 2.43 bits per heavy atom. The van der Waals surface area contributed by atoms with Crippen LogP contribution in [0.4, 0.5) is 5.69 Å². The number of carbonyl (C=O) groups is 2. The number of hydrogen-bond donors (Lipinski definition) is 3. The average Bonchev–Trinajstić information content (AvgIpc) is 2.67. The molecular formula is C20H25N3O4S. The molecule has 0 aromatic heterocycles. The van der Waals surface area contributed by atoms with E-state index < -0.39 is 15.9 Å².